The molecule has 3 rings (SSSR count). The summed E-state index contributed by atoms with van der Waals surface area (Å²) in [4.78, 5) is 4.16. The van der Waals surface area contributed by atoms with Crippen LogP contribution in [0.3, 0.4) is 0 Å². The van der Waals surface area contributed by atoms with Crippen LogP contribution in [0.4, 0.5) is 4.39 Å². The van der Waals surface area contributed by atoms with Gasteiger partial charge in [0.1, 0.15) is 5.76 Å². The minimum Gasteiger partial charge on any atom is -0.456 e. The maximum absolute atomic E-state index is 13.7. The quantitative estimate of drug-likeness (QED) is 0.790. The van der Waals surface area contributed by atoms with Crippen LogP contribution >= 0.6 is 0 Å². The van der Waals surface area contributed by atoms with Gasteiger partial charge in [0.2, 0.25) is 0 Å². The van der Waals surface area contributed by atoms with Crippen LogP contribution in [0.1, 0.15) is 22.9 Å². The van der Waals surface area contributed by atoms with E-state index >= 15 is 0 Å². The third kappa shape index (κ3) is 2.08. The van der Waals surface area contributed by atoms with Crippen molar-refractivity contribution in [2.24, 2.45) is 0 Å². The Hall–Kier alpha value is -2.20. The van der Waals surface area contributed by atoms with Gasteiger partial charge in [0.25, 0.3) is 0 Å². The number of halogens is 1. The lowest BCUT2D eigenvalue weighted by atomic mass is 10.0. The molecule has 0 bridgehead atoms. The number of hydrogen-bond donors (Lipinski definition) is 1. The van der Waals surface area contributed by atoms with E-state index in [1.807, 2.05) is 32.2 Å². The number of para-hydroxylation sites is 1. The fourth-order valence-electron chi connectivity index (χ4n) is 2.42. The van der Waals surface area contributed by atoms with Gasteiger partial charge in [-0.15, -0.1) is 0 Å². The van der Waals surface area contributed by atoms with Gasteiger partial charge in [-0.05, 0) is 43.3 Å². The highest BCUT2D eigenvalue weighted by molar-refractivity contribution is 5.78. The molecule has 0 fully saturated rings. The number of aryl methyl sites for hydroxylation is 1. The number of aromatic nitrogens is 1. The number of hydrogen-bond acceptors (Lipinski definition) is 3. The summed E-state index contributed by atoms with van der Waals surface area (Å²) in [5.74, 6) is 0.343. The van der Waals surface area contributed by atoms with Gasteiger partial charge in [0, 0.05) is 17.8 Å². The molecule has 0 radical (unpaired) electrons. The van der Waals surface area contributed by atoms with Crippen molar-refractivity contribution in [3.63, 3.8) is 0 Å². The second-order valence-corrected chi connectivity index (χ2v) is 4.76. The highest BCUT2D eigenvalue weighted by Crippen LogP contribution is 2.30. The Morgan fingerprint density at radius 2 is 2.15 bits per heavy atom. The summed E-state index contributed by atoms with van der Waals surface area (Å²) < 4.78 is 19.4. The first-order valence-electron chi connectivity index (χ1n) is 6.46. The summed E-state index contributed by atoms with van der Waals surface area (Å²) in [6.07, 6.45) is 3.56. The van der Waals surface area contributed by atoms with Crippen molar-refractivity contribution in [3.05, 3.63) is 65.4 Å². The third-order valence-corrected chi connectivity index (χ3v) is 3.48. The van der Waals surface area contributed by atoms with E-state index < -0.39 is 0 Å². The van der Waals surface area contributed by atoms with Gasteiger partial charge < -0.3 is 9.73 Å². The van der Waals surface area contributed by atoms with Crippen LogP contribution < -0.4 is 5.32 Å². The average molecular weight is 270 g/mol. The zero-order valence-corrected chi connectivity index (χ0v) is 11.4. The van der Waals surface area contributed by atoms with Crippen molar-refractivity contribution >= 4 is 11.0 Å². The Morgan fingerprint density at radius 3 is 2.85 bits per heavy atom. The van der Waals surface area contributed by atoms with E-state index in [0.29, 0.717) is 11.3 Å². The predicted octanol–water partition coefficient (Wildman–Crippen LogP) is 3.58. The standard InChI is InChI=1S/C16H15FN2O/c1-10-6-7-19-9-12(10)15(18-2)14-8-11-4-3-5-13(17)16(11)20-14/h3-9,15,18H,1-2H3. The third-order valence-electron chi connectivity index (χ3n) is 3.48. The molecule has 0 aliphatic rings. The SMILES string of the molecule is CNC(c1cc2cccc(F)c2o1)c1cnccc1C. The van der Waals surface area contributed by atoms with Crippen molar-refractivity contribution in [3.8, 4) is 0 Å². The van der Waals surface area contributed by atoms with Gasteiger partial charge in [-0.25, -0.2) is 4.39 Å². The molecule has 0 saturated carbocycles. The van der Waals surface area contributed by atoms with Crippen molar-refractivity contribution in [1.29, 1.82) is 0 Å². The molecule has 20 heavy (non-hydrogen) atoms. The Morgan fingerprint density at radius 1 is 1.30 bits per heavy atom. The van der Waals surface area contributed by atoms with E-state index in [0.717, 1.165) is 16.5 Å². The maximum atomic E-state index is 13.7. The van der Waals surface area contributed by atoms with Crippen LogP contribution in [0.15, 0.2) is 47.1 Å². The van der Waals surface area contributed by atoms with Gasteiger partial charge in [0.05, 0.1) is 6.04 Å². The number of nitrogens with zero attached hydrogens (tertiary/aromatic N) is 1. The van der Waals surface area contributed by atoms with E-state index in [4.69, 9.17) is 4.42 Å². The summed E-state index contributed by atoms with van der Waals surface area (Å²) in [6, 6.07) is 8.60. The van der Waals surface area contributed by atoms with Gasteiger partial charge in [-0.2, -0.15) is 0 Å². The van der Waals surface area contributed by atoms with Crippen LogP contribution in [0, 0.1) is 12.7 Å². The molecule has 0 amide bonds. The largest absolute Gasteiger partial charge is 0.456 e. The van der Waals surface area contributed by atoms with Gasteiger partial charge in [-0.1, -0.05) is 12.1 Å². The molecule has 1 aromatic carbocycles. The summed E-state index contributed by atoms with van der Waals surface area (Å²) >= 11 is 0. The van der Waals surface area contributed by atoms with E-state index in [1.165, 1.54) is 6.07 Å². The van der Waals surface area contributed by atoms with Gasteiger partial charge >= 0.3 is 0 Å². The monoisotopic (exact) mass is 270 g/mol. The van der Waals surface area contributed by atoms with E-state index in [1.54, 1.807) is 18.5 Å². The van der Waals surface area contributed by atoms with Crippen molar-refractivity contribution in [2.75, 3.05) is 7.05 Å². The van der Waals surface area contributed by atoms with Crippen LogP contribution in [0.25, 0.3) is 11.0 Å². The molecule has 3 aromatic rings. The summed E-state index contributed by atoms with van der Waals surface area (Å²) in [6.45, 7) is 2.02. The number of rotatable bonds is 3. The minimum atomic E-state index is -0.341. The van der Waals surface area contributed by atoms with Crippen molar-refractivity contribution < 1.29 is 8.81 Å². The molecule has 0 aliphatic carbocycles. The smallest absolute Gasteiger partial charge is 0.169 e. The molecule has 1 N–H and O–H groups in total. The lowest BCUT2D eigenvalue weighted by molar-refractivity contribution is 0.475. The Labute approximate surface area is 116 Å². The number of furan rings is 1. The van der Waals surface area contributed by atoms with Gasteiger partial charge in [-0.3, -0.25) is 4.98 Å². The van der Waals surface area contributed by atoms with E-state index in [-0.39, 0.29) is 11.9 Å². The van der Waals surface area contributed by atoms with E-state index in [2.05, 4.69) is 10.3 Å². The van der Waals surface area contributed by atoms with Crippen LogP contribution in [-0.2, 0) is 0 Å². The molecular formula is C16H15FN2O. The number of benzene rings is 1. The molecule has 0 saturated heterocycles. The fourth-order valence-corrected chi connectivity index (χ4v) is 2.42. The minimum absolute atomic E-state index is 0.143. The molecule has 4 heteroatoms. The first-order valence-corrected chi connectivity index (χ1v) is 6.46. The maximum Gasteiger partial charge on any atom is 0.169 e. The van der Waals surface area contributed by atoms with Crippen LogP contribution in [0.5, 0.6) is 0 Å². The van der Waals surface area contributed by atoms with Gasteiger partial charge in [0.15, 0.2) is 11.4 Å². The summed E-state index contributed by atoms with van der Waals surface area (Å²) in [5, 5.41) is 3.97. The Kier molecular flexibility index (Phi) is 3.24. The number of nitrogens with one attached hydrogen (secondary N) is 1. The normalized spacial score (nSPS) is 12.8. The lowest BCUT2D eigenvalue weighted by Gasteiger charge is -2.15. The summed E-state index contributed by atoms with van der Waals surface area (Å²) in [5.41, 5.74) is 2.43. The first-order chi connectivity index (χ1) is 9.70. The highest BCUT2D eigenvalue weighted by atomic mass is 19.1. The topological polar surface area (TPSA) is 38.1 Å². The lowest BCUT2D eigenvalue weighted by Crippen LogP contribution is -2.18. The molecule has 0 spiro atoms. The molecular weight excluding hydrogens is 255 g/mol. The molecule has 2 heterocycles. The zero-order valence-electron chi connectivity index (χ0n) is 11.4. The highest BCUT2D eigenvalue weighted by Gasteiger charge is 2.19. The van der Waals surface area contributed by atoms with Crippen LogP contribution in [-0.4, -0.2) is 12.0 Å². The number of pyridine rings is 1. The number of fused-ring (bicyclic) bond motifs is 1. The van der Waals surface area contributed by atoms with E-state index in [9.17, 15) is 4.39 Å². The molecule has 102 valence electrons. The molecule has 1 unspecified atom stereocenters. The molecule has 2 aromatic heterocycles. The first kappa shape index (κ1) is 12.8. The Bertz CT molecular complexity index is 751. The molecule has 3 nitrogen and oxygen atoms in total. The van der Waals surface area contributed by atoms with Crippen molar-refractivity contribution in [2.45, 2.75) is 13.0 Å². The second kappa shape index (κ2) is 5.06. The molecule has 0 aliphatic heterocycles. The van der Waals surface area contributed by atoms with Crippen LogP contribution in [0.2, 0.25) is 0 Å². The fraction of sp³-hybridized carbons (Fsp3) is 0.188. The zero-order chi connectivity index (χ0) is 14.1. The predicted molar refractivity (Wildman–Crippen MR) is 76.0 cm³/mol. The average Bonchev–Trinajstić information content (AvgIpc) is 2.87. The second-order valence-electron chi connectivity index (χ2n) is 4.76. The Balaban J connectivity index is 2.12. The van der Waals surface area contributed by atoms with Crippen molar-refractivity contribution in [1.82, 2.24) is 10.3 Å². The molecule has 1 atom stereocenters. The summed E-state index contributed by atoms with van der Waals surface area (Å²) in [7, 11) is 1.85.